The van der Waals surface area contributed by atoms with Crippen molar-refractivity contribution in [3.8, 4) is 0 Å². The maximum atomic E-state index is 11.1. The summed E-state index contributed by atoms with van der Waals surface area (Å²) in [4.78, 5) is 21.9. The molecule has 20 heavy (non-hydrogen) atoms. The van der Waals surface area contributed by atoms with Gasteiger partial charge in [-0.15, -0.1) is 0 Å². The van der Waals surface area contributed by atoms with Gasteiger partial charge >= 0.3 is 0 Å². The second kappa shape index (κ2) is 7.21. The number of carbonyl (C=O) groups excluding carboxylic acids is 2. The molecule has 0 bridgehead atoms. The average Bonchev–Trinajstić information content (AvgIpc) is 2.29. The molecule has 1 aliphatic heterocycles. The van der Waals surface area contributed by atoms with Gasteiger partial charge in [0.15, 0.2) is 0 Å². The van der Waals surface area contributed by atoms with Crippen molar-refractivity contribution in [3.05, 3.63) is 0 Å². The van der Waals surface area contributed by atoms with Gasteiger partial charge in [0.2, 0.25) is 5.91 Å². The molecule has 1 heterocycles. The van der Waals surface area contributed by atoms with Crippen LogP contribution in [0.4, 0.5) is 0 Å². The van der Waals surface area contributed by atoms with E-state index in [2.05, 4.69) is 38.3 Å². The topological polar surface area (TPSA) is 58.2 Å². The number of β-lactam (4-membered cyclic amide) rings is 1. The van der Waals surface area contributed by atoms with Gasteiger partial charge < -0.3 is 10.6 Å². The molecule has 2 N–H and O–H groups in total. The third-order valence-electron chi connectivity index (χ3n) is 4.46. The van der Waals surface area contributed by atoms with Crippen LogP contribution in [-0.4, -0.2) is 29.8 Å². The number of amides is 1. The molecule has 0 radical (unpaired) electrons. The lowest BCUT2D eigenvalue weighted by Crippen LogP contribution is -2.65. The van der Waals surface area contributed by atoms with E-state index < -0.39 is 0 Å². The summed E-state index contributed by atoms with van der Waals surface area (Å²) in [5, 5.41) is 6.00. The van der Waals surface area contributed by atoms with Crippen LogP contribution in [0.2, 0.25) is 0 Å². The molecule has 0 saturated carbocycles. The third kappa shape index (κ3) is 4.58. The first-order valence-electron chi connectivity index (χ1n) is 7.54. The van der Waals surface area contributed by atoms with Gasteiger partial charge in [-0.2, -0.15) is 0 Å². The molecule has 1 fully saturated rings. The van der Waals surface area contributed by atoms with Crippen LogP contribution >= 0.6 is 0 Å². The average molecular weight is 284 g/mol. The summed E-state index contributed by atoms with van der Waals surface area (Å²) in [5.41, 5.74) is -0.00752. The maximum Gasteiger partial charge on any atom is 0.225 e. The number of hydrogen-bond acceptors (Lipinski definition) is 3. The fraction of sp³-hybridized carbons (Fsp3) is 0.875. The van der Waals surface area contributed by atoms with Crippen molar-refractivity contribution < 1.29 is 9.59 Å². The molecular weight excluding hydrogens is 252 g/mol. The molecule has 0 aromatic heterocycles. The van der Waals surface area contributed by atoms with Crippen LogP contribution in [0.25, 0.3) is 0 Å². The predicted octanol–water partition coefficient (Wildman–Crippen LogP) is 2.52. The monoisotopic (exact) mass is 284 g/mol. The number of Topliss-reactive ketones (excluding diaryl/α,β-unsaturated/α-hetero) is 1. The SMILES string of the molecule is CCC(C(C)=O)C(C)(C)NC.CCC1C(=O)NC1(C)C. The second-order valence-corrected chi connectivity index (χ2v) is 6.71. The van der Waals surface area contributed by atoms with Crippen LogP contribution in [0.1, 0.15) is 61.3 Å². The Morgan fingerprint density at radius 2 is 1.90 bits per heavy atom. The van der Waals surface area contributed by atoms with Gasteiger partial charge in [0.25, 0.3) is 0 Å². The summed E-state index contributed by atoms with van der Waals surface area (Å²) < 4.78 is 0. The molecule has 118 valence electrons. The molecule has 0 spiro atoms. The quantitative estimate of drug-likeness (QED) is 0.763. The third-order valence-corrected chi connectivity index (χ3v) is 4.46. The van der Waals surface area contributed by atoms with E-state index in [9.17, 15) is 9.59 Å². The van der Waals surface area contributed by atoms with Crippen LogP contribution < -0.4 is 10.6 Å². The lowest BCUT2D eigenvalue weighted by atomic mass is 9.77. The largest absolute Gasteiger partial charge is 0.350 e. The molecule has 1 amide bonds. The second-order valence-electron chi connectivity index (χ2n) is 6.71. The van der Waals surface area contributed by atoms with E-state index in [1.165, 1.54) is 0 Å². The van der Waals surface area contributed by atoms with E-state index in [1.807, 2.05) is 20.9 Å². The van der Waals surface area contributed by atoms with E-state index in [4.69, 9.17) is 0 Å². The molecule has 2 unspecified atom stereocenters. The zero-order chi connectivity index (χ0) is 16.1. The lowest BCUT2D eigenvalue weighted by Gasteiger charge is -2.43. The van der Waals surface area contributed by atoms with Crippen LogP contribution in [-0.2, 0) is 9.59 Å². The molecule has 4 heteroatoms. The molecule has 0 aromatic carbocycles. The highest BCUT2D eigenvalue weighted by molar-refractivity contribution is 5.87. The highest BCUT2D eigenvalue weighted by atomic mass is 16.2. The Labute approximate surface area is 124 Å². The predicted molar refractivity (Wildman–Crippen MR) is 83.6 cm³/mol. The summed E-state index contributed by atoms with van der Waals surface area (Å²) in [6.07, 6.45) is 1.86. The summed E-state index contributed by atoms with van der Waals surface area (Å²) in [7, 11) is 1.89. The molecule has 1 aliphatic rings. The zero-order valence-corrected chi connectivity index (χ0v) is 14.4. The summed E-state index contributed by atoms with van der Waals surface area (Å²) in [5.74, 6) is 0.861. The summed E-state index contributed by atoms with van der Waals surface area (Å²) >= 11 is 0. The minimum Gasteiger partial charge on any atom is -0.350 e. The van der Waals surface area contributed by atoms with Crippen molar-refractivity contribution in [1.29, 1.82) is 0 Å². The van der Waals surface area contributed by atoms with Gasteiger partial charge in [-0.25, -0.2) is 0 Å². The van der Waals surface area contributed by atoms with Crippen LogP contribution in [0.15, 0.2) is 0 Å². The van der Waals surface area contributed by atoms with Crippen molar-refractivity contribution in [1.82, 2.24) is 10.6 Å². The molecular formula is C16H32N2O2. The maximum absolute atomic E-state index is 11.1. The van der Waals surface area contributed by atoms with Crippen molar-refractivity contribution in [2.75, 3.05) is 7.05 Å². The Morgan fingerprint density at radius 1 is 1.40 bits per heavy atom. The van der Waals surface area contributed by atoms with E-state index in [1.54, 1.807) is 6.92 Å². The molecule has 2 atom stereocenters. The van der Waals surface area contributed by atoms with Gasteiger partial charge in [0, 0.05) is 17.0 Å². The first-order chi connectivity index (χ1) is 9.03. The molecule has 4 nitrogen and oxygen atoms in total. The number of ketones is 1. The number of hydrogen-bond donors (Lipinski definition) is 2. The van der Waals surface area contributed by atoms with Crippen molar-refractivity contribution in [2.45, 2.75) is 72.4 Å². The Hall–Kier alpha value is -0.900. The highest BCUT2D eigenvalue weighted by Gasteiger charge is 2.44. The number of carbonyl (C=O) groups is 2. The Morgan fingerprint density at radius 3 is 2.00 bits per heavy atom. The van der Waals surface area contributed by atoms with Gasteiger partial charge in [-0.05, 0) is 54.5 Å². The Kier molecular flexibility index (Phi) is 6.88. The zero-order valence-electron chi connectivity index (χ0n) is 14.4. The van der Waals surface area contributed by atoms with Crippen LogP contribution in [0.3, 0.4) is 0 Å². The molecule has 0 aromatic rings. The van der Waals surface area contributed by atoms with Gasteiger partial charge in [-0.1, -0.05) is 13.8 Å². The fourth-order valence-corrected chi connectivity index (χ4v) is 2.92. The summed E-state index contributed by atoms with van der Waals surface area (Å²) in [6.45, 7) is 14.0. The van der Waals surface area contributed by atoms with Gasteiger partial charge in [0.1, 0.15) is 5.78 Å². The van der Waals surface area contributed by atoms with E-state index in [0.717, 1.165) is 12.8 Å². The Balaban J connectivity index is 0.000000367. The Bertz CT molecular complexity index is 348. The first kappa shape index (κ1) is 19.1. The van der Waals surface area contributed by atoms with Crippen LogP contribution in [0.5, 0.6) is 0 Å². The smallest absolute Gasteiger partial charge is 0.225 e. The van der Waals surface area contributed by atoms with Crippen molar-refractivity contribution in [2.24, 2.45) is 11.8 Å². The highest BCUT2D eigenvalue weighted by Crippen LogP contribution is 2.28. The van der Waals surface area contributed by atoms with Gasteiger partial charge in [-0.3, -0.25) is 9.59 Å². The normalized spacial score (nSPS) is 22.0. The first-order valence-corrected chi connectivity index (χ1v) is 7.54. The number of rotatable bonds is 5. The van der Waals surface area contributed by atoms with Crippen LogP contribution in [0, 0.1) is 11.8 Å². The fourth-order valence-electron chi connectivity index (χ4n) is 2.92. The molecule has 1 saturated heterocycles. The number of nitrogens with one attached hydrogen (secondary N) is 2. The van der Waals surface area contributed by atoms with Gasteiger partial charge in [0.05, 0.1) is 5.92 Å². The molecule has 1 rings (SSSR count). The van der Waals surface area contributed by atoms with E-state index in [0.29, 0.717) is 0 Å². The molecule has 0 aliphatic carbocycles. The lowest BCUT2D eigenvalue weighted by molar-refractivity contribution is -0.139. The van der Waals surface area contributed by atoms with Crippen molar-refractivity contribution in [3.63, 3.8) is 0 Å². The summed E-state index contributed by atoms with van der Waals surface area (Å²) in [6, 6.07) is 0. The van der Waals surface area contributed by atoms with E-state index in [-0.39, 0.29) is 34.6 Å². The van der Waals surface area contributed by atoms with E-state index >= 15 is 0 Å². The standard InChI is InChI=1S/C9H19NO.C7H13NO/c1-6-8(7(2)11)9(3,4)10-5;1-4-5-6(9)8-7(5,2)3/h8,10H,6H2,1-5H3;5H,4H2,1-3H3,(H,8,9). The minimum atomic E-state index is -0.0689. The minimum absolute atomic E-state index is 0.0613. The van der Waals surface area contributed by atoms with Crippen molar-refractivity contribution >= 4 is 11.7 Å².